The Bertz CT molecular complexity index is 1060. The Labute approximate surface area is 193 Å². The van der Waals surface area contributed by atoms with Crippen LogP contribution in [0.1, 0.15) is 22.7 Å². The van der Waals surface area contributed by atoms with Gasteiger partial charge in [-0.1, -0.05) is 60.1 Å². The fourth-order valence-electron chi connectivity index (χ4n) is 2.87. The molecule has 3 rings (SSSR count). The van der Waals surface area contributed by atoms with Gasteiger partial charge in [0.25, 0.3) is 5.91 Å². The van der Waals surface area contributed by atoms with E-state index in [0.29, 0.717) is 27.3 Å². The fourth-order valence-corrected chi connectivity index (χ4v) is 3.30. The number of alkyl carbamates (subject to hydrolysis) is 1. The molecule has 2 amide bonds. The molecule has 4 N–H and O–H groups in total. The van der Waals surface area contributed by atoms with E-state index in [1.54, 1.807) is 36.4 Å². The number of hydrogen-bond acceptors (Lipinski definition) is 4. The SMILES string of the molecule is NCc1cccc(NC(=O)[C@H](NC(=O)OCc2ccccc2)c2ccc(Br)c(Cl)c2)c1. The van der Waals surface area contributed by atoms with E-state index in [-0.39, 0.29) is 6.61 Å². The monoisotopic (exact) mass is 501 g/mol. The van der Waals surface area contributed by atoms with E-state index in [1.807, 2.05) is 36.4 Å². The first-order valence-electron chi connectivity index (χ1n) is 9.48. The van der Waals surface area contributed by atoms with Gasteiger partial charge in [-0.25, -0.2) is 4.79 Å². The summed E-state index contributed by atoms with van der Waals surface area (Å²) >= 11 is 9.53. The number of nitrogens with two attached hydrogens (primary N) is 1. The average Bonchev–Trinajstić information content (AvgIpc) is 2.78. The van der Waals surface area contributed by atoms with Gasteiger partial charge in [-0.2, -0.15) is 0 Å². The topological polar surface area (TPSA) is 93.5 Å². The summed E-state index contributed by atoms with van der Waals surface area (Å²) in [5.74, 6) is -0.441. The van der Waals surface area contributed by atoms with Crippen molar-refractivity contribution in [1.82, 2.24) is 5.32 Å². The van der Waals surface area contributed by atoms with E-state index in [4.69, 9.17) is 22.1 Å². The fraction of sp³-hybridized carbons (Fsp3) is 0.130. The van der Waals surface area contributed by atoms with Crippen LogP contribution in [0.25, 0.3) is 0 Å². The summed E-state index contributed by atoms with van der Waals surface area (Å²) < 4.78 is 5.96. The molecular weight excluding hydrogens is 482 g/mol. The second-order valence-electron chi connectivity index (χ2n) is 6.71. The predicted octanol–water partition coefficient (Wildman–Crippen LogP) is 5.17. The van der Waals surface area contributed by atoms with Gasteiger partial charge in [-0.3, -0.25) is 4.79 Å². The number of carbonyl (C=O) groups excluding carboxylic acids is 2. The maximum atomic E-state index is 13.1. The summed E-state index contributed by atoms with van der Waals surface area (Å²) in [4.78, 5) is 25.5. The Morgan fingerprint density at radius 1 is 1.00 bits per heavy atom. The van der Waals surface area contributed by atoms with Gasteiger partial charge in [0.1, 0.15) is 12.6 Å². The standard InChI is InChI=1S/C23H21BrClN3O3/c24-19-10-9-17(12-20(19)25)21(22(29)27-18-8-4-7-16(11-18)13-26)28-23(30)31-14-15-5-2-1-3-6-15/h1-12,21H,13-14,26H2,(H,27,29)(H,28,30)/t21-/m1/s1. The van der Waals surface area contributed by atoms with E-state index in [2.05, 4.69) is 26.6 Å². The van der Waals surface area contributed by atoms with Gasteiger partial charge < -0.3 is 21.1 Å². The molecule has 0 aliphatic carbocycles. The molecular formula is C23H21BrClN3O3. The molecule has 1 atom stereocenters. The Morgan fingerprint density at radius 2 is 1.74 bits per heavy atom. The van der Waals surface area contributed by atoms with Gasteiger partial charge in [-0.15, -0.1) is 0 Å². The van der Waals surface area contributed by atoms with Crippen LogP contribution in [0.3, 0.4) is 0 Å². The third-order valence-corrected chi connectivity index (χ3v) is 5.68. The molecule has 6 nitrogen and oxygen atoms in total. The zero-order valence-electron chi connectivity index (χ0n) is 16.5. The molecule has 0 radical (unpaired) electrons. The largest absolute Gasteiger partial charge is 0.445 e. The lowest BCUT2D eigenvalue weighted by Crippen LogP contribution is -2.37. The highest BCUT2D eigenvalue weighted by atomic mass is 79.9. The molecule has 8 heteroatoms. The van der Waals surface area contributed by atoms with Crippen LogP contribution in [-0.2, 0) is 22.7 Å². The van der Waals surface area contributed by atoms with Crippen molar-refractivity contribution in [3.63, 3.8) is 0 Å². The van der Waals surface area contributed by atoms with Crippen molar-refractivity contribution in [3.05, 3.63) is 99.0 Å². The van der Waals surface area contributed by atoms with Gasteiger partial charge in [0.15, 0.2) is 0 Å². The number of anilines is 1. The minimum Gasteiger partial charge on any atom is -0.445 e. The first-order valence-corrected chi connectivity index (χ1v) is 10.7. The van der Waals surface area contributed by atoms with E-state index in [0.717, 1.165) is 11.1 Å². The normalized spacial score (nSPS) is 11.5. The highest BCUT2D eigenvalue weighted by Crippen LogP contribution is 2.27. The van der Waals surface area contributed by atoms with Crippen LogP contribution >= 0.6 is 27.5 Å². The first-order chi connectivity index (χ1) is 15.0. The molecule has 31 heavy (non-hydrogen) atoms. The quantitative estimate of drug-likeness (QED) is 0.416. The van der Waals surface area contributed by atoms with Gasteiger partial charge in [-0.05, 0) is 56.9 Å². The highest BCUT2D eigenvalue weighted by Gasteiger charge is 2.24. The molecule has 0 unspecified atom stereocenters. The highest BCUT2D eigenvalue weighted by molar-refractivity contribution is 9.10. The number of halogens is 2. The minimum atomic E-state index is -1.02. The van der Waals surface area contributed by atoms with Crippen molar-refractivity contribution < 1.29 is 14.3 Å². The molecule has 0 heterocycles. The summed E-state index contributed by atoms with van der Waals surface area (Å²) in [5.41, 5.74) is 8.46. The molecule has 3 aromatic rings. The van der Waals surface area contributed by atoms with Crippen molar-refractivity contribution in [3.8, 4) is 0 Å². The molecule has 0 aromatic heterocycles. The summed E-state index contributed by atoms with van der Waals surface area (Å²) in [7, 11) is 0. The molecule has 0 saturated heterocycles. The van der Waals surface area contributed by atoms with Gasteiger partial charge >= 0.3 is 6.09 Å². The van der Waals surface area contributed by atoms with Gasteiger partial charge in [0, 0.05) is 16.7 Å². The lowest BCUT2D eigenvalue weighted by molar-refractivity contribution is -0.118. The minimum absolute atomic E-state index is 0.0840. The van der Waals surface area contributed by atoms with Crippen molar-refractivity contribution in [2.24, 2.45) is 5.73 Å². The predicted molar refractivity (Wildman–Crippen MR) is 125 cm³/mol. The number of benzene rings is 3. The Hall–Kier alpha value is -2.87. The second-order valence-corrected chi connectivity index (χ2v) is 7.97. The van der Waals surface area contributed by atoms with Crippen molar-refractivity contribution in [1.29, 1.82) is 0 Å². The van der Waals surface area contributed by atoms with Crippen LogP contribution in [0.2, 0.25) is 5.02 Å². The van der Waals surface area contributed by atoms with E-state index in [1.165, 1.54) is 0 Å². The molecule has 160 valence electrons. The third-order valence-electron chi connectivity index (χ3n) is 4.44. The van der Waals surface area contributed by atoms with Crippen LogP contribution in [0.15, 0.2) is 77.3 Å². The van der Waals surface area contributed by atoms with Crippen molar-refractivity contribution >= 4 is 45.2 Å². The van der Waals surface area contributed by atoms with Gasteiger partial charge in [0.2, 0.25) is 0 Å². The molecule has 0 aliphatic rings. The Morgan fingerprint density at radius 3 is 2.45 bits per heavy atom. The third kappa shape index (κ3) is 6.55. The van der Waals surface area contributed by atoms with E-state index < -0.39 is 18.0 Å². The second kappa shape index (κ2) is 10.9. The number of amides is 2. The number of rotatable bonds is 7. The maximum absolute atomic E-state index is 13.1. The lowest BCUT2D eigenvalue weighted by atomic mass is 10.1. The van der Waals surface area contributed by atoms with Crippen molar-refractivity contribution in [2.45, 2.75) is 19.2 Å². The molecule has 0 spiro atoms. The molecule has 0 saturated carbocycles. The lowest BCUT2D eigenvalue weighted by Gasteiger charge is -2.19. The number of carbonyl (C=O) groups is 2. The Balaban J connectivity index is 1.77. The summed E-state index contributed by atoms with van der Waals surface area (Å²) in [6.45, 7) is 0.431. The summed E-state index contributed by atoms with van der Waals surface area (Å²) in [5, 5.41) is 5.85. The number of nitrogens with one attached hydrogen (secondary N) is 2. The summed E-state index contributed by atoms with van der Waals surface area (Å²) in [6, 6.07) is 20.5. The first kappa shape index (κ1) is 22.8. The number of hydrogen-bond donors (Lipinski definition) is 3. The molecule has 0 aliphatic heterocycles. The zero-order chi connectivity index (χ0) is 22.2. The Kier molecular flexibility index (Phi) is 8.06. The smallest absolute Gasteiger partial charge is 0.408 e. The van der Waals surface area contributed by atoms with E-state index in [9.17, 15) is 9.59 Å². The van der Waals surface area contributed by atoms with Crippen LogP contribution in [0.5, 0.6) is 0 Å². The maximum Gasteiger partial charge on any atom is 0.408 e. The van der Waals surface area contributed by atoms with Crippen LogP contribution < -0.4 is 16.4 Å². The van der Waals surface area contributed by atoms with Crippen LogP contribution in [0.4, 0.5) is 10.5 Å². The van der Waals surface area contributed by atoms with E-state index >= 15 is 0 Å². The van der Waals surface area contributed by atoms with Gasteiger partial charge in [0.05, 0.1) is 5.02 Å². The molecule has 0 bridgehead atoms. The average molecular weight is 503 g/mol. The zero-order valence-corrected chi connectivity index (χ0v) is 18.8. The van der Waals surface area contributed by atoms with Crippen LogP contribution in [0, 0.1) is 0 Å². The number of ether oxygens (including phenoxy) is 1. The van der Waals surface area contributed by atoms with Crippen LogP contribution in [-0.4, -0.2) is 12.0 Å². The molecule has 0 fully saturated rings. The summed E-state index contributed by atoms with van der Waals surface area (Å²) in [6.07, 6.45) is -0.723. The molecule has 3 aromatic carbocycles. The van der Waals surface area contributed by atoms with Crippen molar-refractivity contribution in [2.75, 3.05) is 5.32 Å².